The molecule has 2 rings (SSSR count). The molecule has 3 nitrogen and oxygen atoms in total. The van der Waals surface area contributed by atoms with Gasteiger partial charge in [0.2, 0.25) is 0 Å². The van der Waals surface area contributed by atoms with Crippen molar-refractivity contribution in [3.63, 3.8) is 0 Å². The Labute approximate surface area is 86.3 Å². The normalized spacial score (nSPS) is 37.7. The number of hydrogen-bond donors (Lipinski definition) is 2. The van der Waals surface area contributed by atoms with E-state index in [1.807, 2.05) is 0 Å². The van der Waals surface area contributed by atoms with Crippen LogP contribution >= 0.6 is 0 Å². The fourth-order valence-corrected chi connectivity index (χ4v) is 3.09. The third-order valence-corrected chi connectivity index (χ3v) is 3.75. The first-order chi connectivity index (χ1) is 6.81. The van der Waals surface area contributed by atoms with E-state index in [9.17, 15) is 0 Å². The molecule has 2 heterocycles. The van der Waals surface area contributed by atoms with Gasteiger partial charge in [0.05, 0.1) is 0 Å². The lowest BCUT2D eigenvalue weighted by molar-refractivity contribution is 0.122. The average Bonchev–Trinajstić information content (AvgIpc) is 2.42. The highest BCUT2D eigenvalue weighted by Gasteiger charge is 2.38. The predicted molar refractivity (Wildman–Crippen MR) is 57.0 cm³/mol. The summed E-state index contributed by atoms with van der Waals surface area (Å²) >= 11 is 0. The van der Waals surface area contributed by atoms with Crippen molar-refractivity contribution in [2.75, 3.05) is 13.2 Å². The van der Waals surface area contributed by atoms with Crippen LogP contribution in [0.3, 0.4) is 0 Å². The highest BCUT2D eigenvalue weighted by molar-refractivity contribution is 4.96. The van der Waals surface area contributed by atoms with Gasteiger partial charge in [0.15, 0.2) is 0 Å². The zero-order valence-electron chi connectivity index (χ0n) is 8.86. The lowest BCUT2D eigenvalue weighted by Gasteiger charge is -2.37. The fourth-order valence-electron chi connectivity index (χ4n) is 3.09. The first kappa shape index (κ1) is 10.4. The van der Waals surface area contributed by atoms with Crippen LogP contribution in [-0.4, -0.2) is 41.3 Å². The molecule has 0 amide bonds. The summed E-state index contributed by atoms with van der Waals surface area (Å²) in [4.78, 5) is 2.64. The largest absolute Gasteiger partial charge is 0.396 e. The fraction of sp³-hybridized carbons (Fsp3) is 1.00. The van der Waals surface area contributed by atoms with Crippen LogP contribution in [0.5, 0.6) is 0 Å². The van der Waals surface area contributed by atoms with Crippen molar-refractivity contribution >= 4 is 0 Å². The molecule has 2 aliphatic heterocycles. The summed E-state index contributed by atoms with van der Waals surface area (Å²) in [7, 11) is 0. The highest BCUT2D eigenvalue weighted by atomic mass is 16.2. The van der Waals surface area contributed by atoms with E-state index in [4.69, 9.17) is 10.8 Å². The minimum atomic E-state index is 0.336. The van der Waals surface area contributed by atoms with Crippen LogP contribution in [-0.2, 0) is 0 Å². The standard InChI is InChI=1S/C11H22N2O/c12-9-7-10-3-4-11(8-9)13(10)5-1-2-6-14/h9-11,14H,1-8,12H2. The van der Waals surface area contributed by atoms with Crippen LogP contribution in [0, 0.1) is 0 Å². The molecule has 2 bridgehead atoms. The van der Waals surface area contributed by atoms with Crippen molar-refractivity contribution in [2.24, 2.45) is 5.73 Å². The van der Waals surface area contributed by atoms with E-state index in [2.05, 4.69) is 4.90 Å². The van der Waals surface area contributed by atoms with Gasteiger partial charge >= 0.3 is 0 Å². The lowest BCUT2D eigenvalue weighted by Crippen LogP contribution is -2.47. The number of fused-ring (bicyclic) bond motifs is 2. The predicted octanol–water partition coefficient (Wildman–Crippen LogP) is 0.713. The van der Waals surface area contributed by atoms with Gasteiger partial charge in [0, 0.05) is 24.7 Å². The van der Waals surface area contributed by atoms with E-state index in [1.54, 1.807) is 0 Å². The quantitative estimate of drug-likeness (QED) is 0.654. The Kier molecular flexibility index (Phi) is 3.42. The molecule has 0 saturated carbocycles. The van der Waals surface area contributed by atoms with E-state index >= 15 is 0 Å². The Balaban J connectivity index is 1.82. The molecule has 0 aromatic heterocycles. The van der Waals surface area contributed by atoms with Crippen molar-refractivity contribution in [1.82, 2.24) is 4.90 Å². The second-order valence-electron chi connectivity index (χ2n) is 4.79. The minimum Gasteiger partial charge on any atom is -0.396 e. The maximum Gasteiger partial charge on any atom is 0.0431 e. The number of aliphatic hydroxyl groups excluding tert-OH is 1. The van der Waals surface area contributed by atoms with E-state index in [-0.39, 0.29) is 0 Å². The van der Waals surface area contributed by atoms with Gasteiger partial charge in [-0.3, -0.25) is 4.90 Å². The molecule has 2 unspecified atom stereocenters. The SMILES string of the molecule is NC1CC2CCC(C1)N2CCCCO. The van der Waals surface area contributed by atoms with Gasteiger partial charge in [-0.1, -0.05) is 0 Å². The molecule has 3 N–H and O–H groups in total. The summed E-state index contributed by atoms with van der Waals surface area (Å²) in [5.41, 5.74) is 6.01. The number of piperidine rings is 1. The van der Waals surface area contributed by atoms with Crippen molar-refractivity contribution in [2.45, 2.75) is 56.7 Å². The molecule has 2 fully saturated rings. The van der Waals surface area contributed by atoms with Gasteiger partial charge in [-0.15, -0.1) is 0 Å². The van der Waals surface area contributed by atoms with Crippen molar-refractivity contribution in [3.05, 3.63) is 0 Å². The molecular formula is C11H22N2O. The molecule has 2 atom stereocenters. The molecule has 0 aliphatic carbocycles. The summed E-state index contributed by atoms with van der Waals surface area (Å²) in [6.07, 6.45) is 7.15. The Morgan fingerprint density at radius 3 is 2.36 bits per heavy atom. The van der Waals surface area contributed by atoms with Crippen LogP contribution in [0.1, 0.15) is 38.5 Å². The third-order valence-electron chi connectivity index (χ3n) is 3.75. The Morgan fingerprint density at radius 1 is 1.14 bits per heavy atom. The van der Waals surface area contributed by atoms with Crippen LogP contribution in [0.15, 0.2) is 0 Å². The highest BCUT2D eigenvalue weighted by Crippen LogP contribution is 2.34. The van der Waals surface area contributed by atoms with E-state index in [0.29, 0.717) is 12.6 Å². The summed E-state index contributed by atoms with van der Waals surface area (Å²) in [5.74, 6) is 0. The van der Waals surface area contributed by atoms with Gasteiger partial charge in [-0.2, -0.15) is 0 Å². The number of nitrogens with zero attached hydrogens (tertiary/aromatic N) is 1. The molecule has 0 aromatic carbocycles. The number of unbranched alkanes of at least 4 members (excludes halogenated alkanes) is 1. The topological polar surface area (TPSA) is 49.5 Å². The first-order valence-electron chi connectivity index (χ1n) is 5.93. The molecule has 82 valence electrons. The molecular weight excluding hydrogens is 176 g/mol. The van der Waals surface area contributed by atoms with Gasteiger partial charge in [-0.05, 0) is 45.1 Å². The molecule has 2 saturated heterocycles. The number of aliphatic hydroxyl groups is 1. The van der Waals surface area contributed by atoms with Gasteiger partial charge in [0.25, 0.3) is 0 Å². The Hall–Kier alpha value is -0.120. The maximum absolute atomic E-state index is 8.75. The average molecular weight is 198 g/mol. The van der Waals surface area contributed by atoms with Crippen molar-refractivity contribution < 1.29 is 5.11 Å². The summed E-state index contributed by atoms with van der Waals surface area (Å²) in [6, 6.07) is 1.95. The second-order valence-corrected chi connectivity index (χ2v) is 4.79. The summed E-state index contributed by atoms with van der Waals surface area (Å²) in [5, 5.41) is 8.75. The number of hydrogen-bond acceptors (Lipinski definition) is 3. The van der Waals surface area contributed by atoms with Crippen molar-refractivity contribution in [1.29, 1.82) is 0 Å². The monoisotopic (exact) mass is 198 g/mol. The second kappa shape index (κ2) is 4.60. The van der Waals surface area contributed by atoms with Crippen LogP contribution in [0.4, 0.5) is 0 Å². The summed E-state index contributed by atoms with van der Waals surface area (Å²) in [6.45, 7) is 1.51. The zero-order valence-corrected chi connectivity index (χ0v) is 8.86. The van der Waals surface area contributed by atoms with E-state index in [0.717, 1.165) is 24.9 Å². The van der Waals surface area contributed by atoms with E-state index in [1.165, 1.54) is 32.2 Å². The van der Waals surface area contributed by atoms with Gasteiger partial charge < -0.3 is 10.8 Å². The lowest BCUT2D eigenvalue weighted by atomic mass is 9.98. The molecule has 2 aliphatic rings. The van der Waals surface area contributed by atoms with Crippen LogP contribution in [0.2, 0.25) is 0 Å². The van der Waals surface area contributed by atoms with Crippen LogP contribution in [0.25, 0.3) is 0 Å². The molecule has 3 heteroatoms. The smallest absolute Gasteiger partial charge is 0.0431 e. The van der Waals surface area contributed by atoms with E-state index < -0.39 is 0 Å². The number of rotatable bonds is 4. The summed E-state index contributed by atoms with van der Waals surface area (Å²) < 4.78 is 0. The maximum atomic E-state index is 8.75. The Bertz CT molecular complexity index is 172. The Morgan fingerprint density at radius 2 is 1.79 bits per heavy atom. The minimum absolute atomic E-state index is 0.336. The van der Waals surface area contributed by atoms with Crippen molar-refractivity contribution in [3.8, 4) is 0 Å². The van der Waals surface area contributed by atoms with Crippen LogP contribution < -0.4 is 5.73 Å². The molecule has 0 aromatic rings. The zero-order chi connectivity index (χ0) is 9.97. The van der Waals surface area contributed by atoms with Gasteiger partial charge in [-0.25, -0.2) is 0 Å². The molecule has 0 radical (unpaired) electrons. The van der Waals surface area contributed by atoms with Gasteiger partial charge in [0.1, 0.15) is 0 Å². The molecule has 14 heavy (non-hydrogen) atoms. The first-order valence-corrected chi connectivity index (χ1v) is 5.93. The number of nitrogens with two attached hydrogens (primary N) is 1. The third kappa shape index (κ3) is 2.10. The molecule has 0 spiro atoms.